The van der Waals surface area contributed by atoms with Crippen molar-refractivity contribution in [1.82, 2.24) is 4.57 Å². The molecule has 238 valence electrons. The summed E-state index contributed by atoms with van der Waals surface area (Å²) in [5, 5.41) is 12.8. The van der Waals surface area contributed by atoms with Crippen LogP contribution in [0.2, 0.25) is 10.0 Å². The smallest absolute Gasteiger partial charge is 0.338 e. The highest BCUT2D eigenvalue weighted by molar-refractivity contribution is 7.07. The summed E-state index contributed by atoms with van der Waals surface area (Å²) >= 11 is 13.5. The second-order valence-corrected chi connectivity index (χ2v) is 12.1. The van der Waals surface area contributed by atoms with Crippen LogP contribution in [0.25, 0.3) is 6.08 Å². The van der Waals surface area contributed by atoms with Crippen LogP contribution in [0, 0.1) is 17.0 Å². The molecule has 0 radical (unpaired) electrons. The van der Waals surface area contributed by atoms with Gasteiger partial charge in [-0.05, 0) is 69.2 Å². The van der Waals surface area contributed by atoms with Gasteiger partial charge in [0.2, 0.25) is 0 Å². The summed E-state index contributed by atoms with van der Waals surface area (Å²) < 4.78 is 18.9. The van der Waals surface area contributed by atoms with Crippen LogP contribution >= 0.6 is 34.5 Å². The number of hydrogen-bond acceptors (Lipinski definition) is 9. The molecule has 0 spiro atoms. The number of aryl methyl sites for hydroxylation is 1. The van der Waals surface area contributed by atoms with Gasteiger partial charge in [0.25, 0.3) is 11.2 Å². The fourth-order valence-electron chi connectivity index (χ4n) is 5.05. The van der Waals surface area contributed by atoms with E-state index in [-0.39, 0.29) is 24.5 Å². The molecule has 0 saturated heterocycles. The van der Waals surface area contributed by atoms with Crippen LogP contribution in [0.15, 0.2) is 75.7 Å². The maximum absolute atomic E-state index is 14.0. The van der Waals surface area contributed by atoms with E-state index >= 15 is 0 Å². The van der Waals surface area contributed by atoms with Crippen molar-refractivity contribution in [3.63, 3.8) is 0 Å². The molecule has 0 fully saturated rings. The van der Waals surface area contributed by atoms with E-state index in [4.69, 9.17) is 37.4 Å². The van der Waals surface area contributed by atoms with E-state index in [1.165, 1.54) is 10.6 Å². The molecule has 1 aliphatic heterocycles. The summed E-state index contributed by atoms with van der Waals surface area (Å²) in [6, 6.07) is 14.1. The number of carbonyl (C=O) groups is 1. The van der Waals surface area contributed by atoms with Crippen molar-refractivity contribution >= 4 is 52.3 Å². The average Bonchev–Trinajstić information content (AvgIpc) is 3.31. The normalized spacial score (nSPS) is 14.5. The summed E-state index contributed by atoms with van der Waals surface area (Å²) in [5.41, 5.74) is 2.22. The first kappa shape index (κ1) is 32.9. The third kappa shape index (κ3) is 6.72. The average molecular weight is 683 g/mol. The van der Waals surface area contributed by atoms with Crippen molar-refractivity contribution in [3.05, 3.63) is 128 Å². The van der Waals surface area contributed by atoms with Crippen LogP contribution in [0.3, 0.4) is 0 Å². The van der Waals surface area contributed by atoms with Crippen LogP contribution in [0.4, 0.5) is 5.69 Å². The third-order valence-electron chi connectivity index (χ3n) is 7.23. The van der Waals surface area contributed by atoms with Gasteiger partial charge >= 0.3 is 5.97 Å². The van der Waals surface area contributed by atoms with E-state index in [2.05, 4.69) is 4.99 Å². The summed E-state index contributed by atoms with van der Waals surface area (Å²) in [4.78, 5) is 43.4. The number of nitro benzene ring substituents is 1. The Morgan fingerprint density at radius 2 is 1.83 bits per heavy atom. The zero-order chi connectivity index (χ0) is 33.1. The molecule has 1 aromatic heterocycles. The number of esters is 1. The molecule has 5 rings (SSSR count). The lowest BCUT2D eigenvalue weighted by atomic mass is 9.94. The Hall–Kier alpha value is -4.45. The van der Waals surface area contributed by atoms with Gasteiger partial charge in [0.05, 0.1) is 40.0 Å². The number of ether oxygens (including phenoxy) is 3. The first-order valence-electron chi connectivity index (χ1n) is 14.3. The molecule has 3 aromatic carbocycles. The zero-order valence-corrected chi connectivity index (χ0v) is 27.7. The molecule has 4 aromatic rings. The van der Waals surface area contributed by atoms with Gasteiger partial charge in [-0.25, -0.2) is 9.79 Å². The largest absolute Gasteiger partial charge is 0.490 e. The number of fused-ring (bicyclic) bond motifs is 1. The van der Waals surface area contributed by atoms with Crippen LogP contribution in [0.5, 0.6) is 11.5 Å². The van der Waals surface area contributed by atoms with E-state index in [0.29, 0.717) is 59.9 Å². The number of carbonyl (C=O) groups excluding carboxylic acids is 1. The monoisotopic (exact) mass is 681 g/mol. The fourth-order valence-corrected chi connectivity index (χ4v) is 6.56. The number of aromatic nitrogens is 1. The molecule has 0 aliphatic carbocycles. The van der Waals surface area contributed by atoms with Crippen molar-refractivity contribution in [3.8, 4) is 11.5 Å². The van der Waals surface area contributed by atoms with Gasteiger partial charge in [-0.3, -0.25) is 19.5 Å². The Morgan fingerprint density at radius 3 is 2.52 bits per heavy atom. The Bertz CT molecular complexity index is 2070. The van der Waals surface area contributed by atoms with Gasteiger partial charge in [0.15, 0.2) is 16.3 Å². The van der Waals surface area contributed by atoms with Gasteiger partial charge in [-0.15, -0.1) is 0 Å². The number of rotatable bonds is 10. The lowest BCUT2D eigenvalue weighted by molar-refractivity contribution is -0.385. The Balaban J connectivity index is 1.58. The molecule has 1 atom stereocenters. The Kier molecular flexibility index (Phi) is 9.95. The highest BCUT2D eigenvalue weighted by Crippen LogP contribution is 2.34. The van der Waals surface area contributed by atoms with Gasteiger partial charge < -0.3 is 14.2 Å². The van der Waals surface area contributed by atoms with Crippen molar-refractivity contribution in [2.24, 2.45) is 4.99 Å². The Morgan fingerprint density at radius 1 is 1.04 bits per heavy atom. The standard InChI is InChI=1S/C33H29Cl2N3O7S/c1-5-43-27-13-20(8-12-26(27)45-17-22-10-11-23(34)16-24(22)35)14-28-31(39)37-30(21-9-7-18(3)25(15-21)38(41)42)29(32(40)44-6-2)19(4)36-33(37)46-28/h7-16,30H,5-6,17H2,1-4H3/b28-14+/t30-/m1/s1. The van der Waals surface area contributed by atoms with Crippen LogP contribution in [-0.2, 0) is 16.1 Å². The second kappa shape index (κ2) is 13.9. The molecular formula is C33H29Cl2N3O7S. The zero-order valence-electron chi connectivity index (χ0n) is 25.3. The minimum atomic E-state index is -0.980. The minimum absolute atomic E-state index is 0.107. The second-order valence-electron chi connectivity index (χ2n) is 10.3. The van der Waals surface area contributed by atoms with E-state index in [1.807, 2.05) is 6.92 Å². The van der Waals surface area contributed by atoms with E-state index < -0.39 is 22.5 Å². The number of hydrogen-bond donors (Lipinski definition) is 0. The number of nitro groups is 1. The quantitative estimate of drug-likeness (QED) is 0.109. The first-order valence-corrected chi connectivity index (χ1v) is 15.9. The van der Waals surface area contributed by atoms with Gasteiger partial charge in [-0.2, -0.15) is 0 Å². The SMILES string of the molecule is CCOC(=O)C1=C(C)N=c2s/c(=C/c3ccc(OCc4ccc(Cl)cc4Cl)c(OCC)c3)c(=O)n2[C@@H]1c1ccc(C)c([N+](=O)[O-])c1. The van der Waals surface area contributed by atoms with Gasteiger partial charge in [0.1, 0.15) is 6.61 Å². The summed E-state index contributed by atoms with van der Waals surface area (Å²) in [6.07, 6.45) is 1.70. The van der Waals surface area contributed by atoms with E-state index in [9.17, 15) is 19.7 Å². The van der Waals surface area contributed by atoms with Crippen LogP contribution in [-0.4, -0.2) is 28.7 Å². The molecule has 0 unspecified atom stereocenters. The molecule has 0 amide bonds. The Labute approximate surface area is 277 Å². The van der Waals surface area contributed by atoms with E-state index in [0.717, 1.165) is 16.9 Å². The predicted molar refractivity (Wildman–Crippen MR) is 177 cm³/mol. The van der Waals surface area contributed by atoms with E-state index in [1.54, 1.807) is 75.4 Å². The highest BCUT2D eigenvalue weighted by atomic mass is 35.5. The molecule has 46 heavy (non-hydrogen) atoms. The number of thiazole rings is 1. The highest BCUT2D eigenvalue weighted by Gasteiger charge is 2.34. The number of allylic oxidation sites excluding steroid dienone is 1. The fraction of sp³-hybridized carbons (Fsp3) is 0.242. The molecule has 0 saturated carbocycles. The first-order chi connectivity index (χ1) is 22.0. The molecule has 10 nitrogen and oxygen atoms in total. The molecule has 13 heteroatoms. The topological polar surface area (TPSA) is 122 Å². The van der Waals surface area contributed by atoms with Crippen LogP contribution < -0.4 is 24.4 Å². The van der Waals surface area contributed by atoms with Crippen LogP contribution in [0.1, 0.15) is 49.1 Å². The third-order valence-corrected chi connectivity index (χ3v) is 8.80. The maximum atomic E-state index is 14.0. The minimum Gasteiger partial charge on any atom is -0.490 e. The lowest BCUT2D eigenvalue weighted by Crippen LogP contribution is -2.40. The molecule has 0 N–H and O–H groups in total. The predicted octanol–water partition coefficient (Wildman–Crippen LogP) is 6.30. The van der Waals surface area contributed by atoms with Gasteiger partial charge in [-0.1, -0.05) is 58.8 Å². The molecular weight excluding hydrogens is 653 g/mol. The van der Waals surface area contributed by atoms with Crippen molar-refractivity contribution in [1.29, 1.82) is 0 Å². The van der Waals surface area contributed by atoms with Gasteiger partial charge in [0, 0.05) is 27.2 Å². The van der Waals surface area contributed by atoms with Crippen molar-refractivity contribution in [2.45, 2.75) is 40.3 Å². The summed E-state index contributed by atoms with van der Waals surface area (Å²) in [6.45, 7) is 7.48. The molecule has 2 heterocycles. The number of benzene rings is 3. The summed E-state index contributed by atoms with van der Waals surface area (Å²) in [5.74, 6) is 0.310. The van der Waals surface area contributed by atoms with Crippen molar-refractivity contribution in [2.75, 3.05) is 13.2 Å². The number of nitrogens with zero attached hydrogens (tertiary/aromatic N) is 3. The lowest BCUT2D eigenvalue weighted by Gasteiger charge is -2.24. The number of halogens is 2. The summed E-state index contributed by atoms with van der Waals surface area (Å²) in [7, 11) is 0. The maximum Gasteiger partial charge on any atom is 0.338 e. The molecule has 1 aliphatic rings. The molecule has 0 bridgehead atoms. The van der Waals surface area contributed by atoms with Crippen molar-refractivity contribution < 1.29 is 23.9 Å².